The number of hydrogen-bond acceptors (Lipinski definition) is 4. The van der Waals surface area contributed by atoms with Gasteiger partial charge in [0.1, 0.15) is 0 Å². The van der Waals surface area contributed by atoms with Gasteiger partial charge in [-0.3, -0.25) is 0 Å². The lowest BCUT2D eigenvalue weighted by atomic mass is 10.1. The van der Waals surface area contributed by atoms with E-state index in [0.29, 0.717) is 0 Å². The smallest absolute Gasteiger partial charge is 0.446 e. The summed E-state index contributed by atoms with van der Waals surface area (Å²) in [4.78, 5) is 11.4. The minimum absolute atomic E-state index is 0.0639. The van der Waals surface area contributed by atoms with Gasteiger partial charge in [0.2, 0.25) is 0 Å². The fourth-order valence-corrected chi connectivity index (χ4v) is 2.27. The van der Waals surface area contributed by atoms with Crippen molar-refractivity contribution < 1.29 is 22.7 Å². The van der Waals surface area contributed by atoms with E-state index < -0.39 is 23.2 Å². The summed E-state index contributed by atoms with van der Waals surface area (Å²) in [5.41, 5.74) is -4.34. The summed E-state index contributed by atoms with van der Waals surface area (Å²) >= 11 is -0.427. The Kier molecular flexibility index (Phi) is 4.84. The second-order valence-corrected chi connectivity index (χ2v) is 4.65. The first-order valence-corrected chi connectivity index (χ1v) is 6.07. The standard InChI is InChI=1S/C12H10F3NO2S/c1-3-18-11(17)10-7(2)4-8(6-16)5-9(10)19-12(13,14)15/h4-5H,3H2,1-2H3. The average Bonchev–Trinajstić information content (AvgIpc) is 2.26. The predicted octanol–water partition coefficient (Wildman–Crippen LogP) is 3.66. The molecule has 1 aromatic rings. The lowest BCUT2D eigenvalue weighted by Crippen LogP contribution is -2.11. The molecule has 0 unspecified atom stereocenters. The number of hydrogen-bond donors (Lipinski definition) is 0. The van der Waals surface area contributed by atoms with Crippen molar-refractivity contribution in [1.82, 2.24) is 0 Å². The normalized spacial score (nSPS) is 10.9. The molecular weight excluding hydrogens is 279 g/mol. The third kappa shape index (κ3) is 4.17. The van der Waals surface area contributed by atoms with Crippen LogP contribution in [0.1, 0.15) is 28.4 Å². The van der Waals surface area contributed by atoms with E-state index in [-0.39, 0.29) is 28.2 Å². The summed E-state index contributed by atoms with van der Waals surface area (Å²) in [5.74, 6) is -0.823. The Bertz CT molecular complexity index is 535. The van der Waals surface area contributed by atoms with Crippen LogP contribution in [0, 0.1) is 18.3 Å². The number of nitriles is 1. The molecule has 0 aliphatic carbocycles. The molecule has 0 aromatic heterocycles. The number of aryl methyl sites for hydroxylation is 1. The van der Waals surface area contributed by atoms with Crippen LogP contribution in [-0.2, 0) is 4.74 Å². The second kappa shape index (κ2) is 5.97. The number of rotatable bonds is 3. The number of alkyl halides is 3. The Morgan fingerprint density at radius 3 is 2.58 bits per heavy atom. The Morgan fingerprint density at radius 1 is 1.47 bits per heavy atom. The minimum Gasteiger partial charge on any atom is -0.462 e. The number of thioether (sulfide) groups is 1. The molecule has 0 radical (unpaired) electrons. The molecule has 0 bridgehead atoms. The third-order valence-corrected chi connectivity index (χ3v) is 2.91. The van der Waals surface area contributed by atoms with Crippen molar-refractivity contribution >= 4 is 17.7 Å². The van der Waals surface area contributed by atoms with Gasteiger partial charge in [-0.1, -0.05) is 0 Å². The topological polar surface area (TPSA) is 50.1 Å². The Balaban J connectivity index is 3.34. The van der Waals surface area contributed by atoms with Crippen molar-refractivity contribution in [3.05, 3.63) is 28.8 Å². The number of ether oxygens (including phenoxy) is 1. The molecule has 0 spiro atoms. The minimum atomic E-state index is -4.54. The van der Waals surface area contributed by atoms with Gasteiger partial charge in [-0.2, -0.15) is 18.4 Å². The number of nitrogens with zero attached hydrogens (tertiary/aromatic N) is 1. The first kappa shape index (κ1) is 15.4. The fourth-order valence-electron chi connectivity index (χ4n) is 1.49. The molecule has 0 N–H and O–H groups in total. The van der Waals surface area contributed by atoms with Crippen LogP contribution in [-0.4, -0.2) is 18.1 Å². The third-order valence-electron chi connectivity index (χ3n) is 2.13. The molecule has 0 fully saturated rings. The van der Waals surface area contributed by atoms with E-state index in [9.17, 15) is 18.0 Å². The SMILES string of the molecule is CCOC(=O)c1c(C)cc(C#N)cc1SC(F)(F)F. The summed E-state index contributed by atoms with van der Waals surface area (Å²) in [5, 5.41) is 8.76. The van der Waals surface area contributed by atoms with E-state index in [1.807, 2.05) is 0 Å². The molecule has 19 heavy (non-hydrogen) atoms. The molecule has 0 atom stereocenters. The van der Waals surface area contributed by atoms with Gasteiger partial charge in [0, 0.05) is 4.90 Å². The molecule has 0 aliphatic rings. The summed E-state index contributed by atoms with van der Waals surface area (Å²) in [6, 6.07) is 4.15. The molecular formula is C12H10F3NO2S. The van der Waals surface area contributed by atoms with Crippen LogP contribution in [0.5, 0.6) is 0 Å². The maximum atomic E-state index is 12.5. The van der Waals surface area contributed by atoms with Crippen LogP contribution in [0.3, 0.4) is 0 Å². The highest BCUT2D eigenvalue weighted by atomic mass is 32.2. The maximum Gasteiger partial charge on any atom is 0.446 e. The maximum absolute atomic E-state index is 12.5. The van der Waals surface area contributed by atoms with Crippen LogP contribution < -0.4 is 0 Å². The average molecular weight is 289 g/mol. The largest absolute Gasteiger partial charge is 0.462 e. The van der Waals surface area contributed by atoms with Gasteiger partial charge in [0.25, 0.3) is 0 Å². The number of carbonyl (C=O) groups excluding carboxylic acids is 1. The van der Waals surface area contributed by atoms with Crippen molar-refractivity contribution in [2.24, 2.45) is 0 Å². The Morgan fingerprint density at radius 2 is 2.11 bits per heavy atom. The van der Waals surface area contributed by atoms with Gasteiger partial charge in [0.15, 0.2) is 0 Å². The predicted molar refractivity (Wildman–Crippen MR) is 63.8 cm³/mol. The molecule has 7 heteroatoms. The Labute approximate surface area is 112 Å². The highest BCUT2D eigenvalue weighted by molar-refractivity contribution is 8.00. The highest BCUT2D eigenvalue weighted by Gasteiger charge is 2.32. The van der Waals surface area contributed by atoms with E-state index in [1.54, 1.807) is 13.0 Å². The fraction of sp³-hybridized carbons (Fsp3) is 0.333. The monoisotopic (exact) mass is 289 g/mol. The van der Waals surface area contributed by atoms with Crippen molar-refractivity contribution in [3.63, 3.8) is 0 Å². The highest BCUT2D eigenvalue weighted by Crippen LogP contribution is 2.40. The first-order valence-electron chi connectivity index (χ1n) is 5.26. The van der Waals surface area contributed by atoms with E-state index in [1.165, 1.54) is 13.0 Å². The number of benzene rings is 1. The van der Waals surface area contributed by atoms with Gasteiger partial charge in [-0.05, 0) is 43.3 Å². The van der Waals surface area contributed by atoms with Crippen LogP contribution >= 0.6 is 11.8 Å². The van der Waals surface area contributed by atoms with Crippen LogP contribution in [0.15, 0.2) is 17.0 Å². The van der Waals surface area contributed by atoms with Gasteiger partial charge >= 0.3 is 11.5 Å². The van der Waals surface area contributed by atoms with Gasteiger partial charge in [-0.15, -0.1) is 0 Å². The lowest BCUT2D eigenvalue weighted by Gasteiger charge is -2.13. The summed E-state index contributed by atoms with van der Waals surface area (Å²) in [6.45, 7) is 3.09. The molecule has 0 heterocycles. The van der Waals surface area contributed by atoms with Gasteiger partial charge in [0.05, 0.1) is 23.8 Å². The van der Waals surface area contributed by atoms with Crippen molar-refractivity contribution in [2.45, 2.75) is 24.3 Å². The zero-order chi connectivity index (χ0) is 14.6. The summed E-state index contributed by atoms with van der Waals surface area (Å²) in [7, 11) is 0. The Hall–Kier alpha value is -1.68. The lowest BCUT2D eigenvalue weighted by molar-refractivity contribution is -0.0328. The molecule has 1 aromatic carbocycles. The number of carbonyl (C=O) groups is 1. The summed E-state index contributed by atoms with van der Waals surface area (Å²) < 4.78 is 42.1. The van der Waals surface area contributed by atoms with Crippen LogP contribution in [0.25, 0.3) is 0 Å². The van der Waals surface area contributed by atoms with E-state index in [0.717, 1.165) is 6.07 Å². The molecule has 0 saturated heterocycles. The summed E-state index contributed by atoms with van der Waals surface area (Å²) in [6.07, 6.45) is 0. The van der Waals surface area contributed by atoms with Crippen LogP contribution in [0.4, 0.5) is 13.2 Å². The van der Waals surface area contributed by atoms with Crippen molar-refractivity contribution in [2.75, 3.05) is 6.61 Å². The van der Waals surface area contributed by atoms with Gasteiger partial charge in [-0.25, -0.2) is 4.79 Å². The second-order valence-electron chi connectivity index (χ2n) is 3.55. The molecule has 102 valence electrons. The van der Waals surface area contributed by atoms with E-state index >= 15 is 0 Å². The van der Waals surface area contributed by atoms with Crippen molar-refractivity contribution in [3.8, 4) is 6.07 Å². The zero-order valence-electron chi connectivity index (χ0n) is 10.2. The number of halogens is 3. The zero-order valence-corrected chi connectivity index (χ0v) is 11.0. The quantitative estimate of drug-likeness (QED) is 0.629. The van der Waals surface area contributed by atoms with E-state index in [2.05, 4.69) is 0 Å². The number of esters is 1. The first-order chi connectivity index (χ1) is 8.78. The molecule has 1 rings (SSSR count). The molecule has 0 saturated carbocycles. The molecule has 0 aliphatic heterocycles. The van der Waals surface area contributed by atoms with Gasteiger partial charge < -0.3 is 4.74 Å². The van der Waals surface area contributed by atoms with Crippen molar-refractivity contribution in [1.29, 1.82) is 5.26 Å². The molecule has 0 amide bonds. The van der Waals surface area contributed by atoms with Crippen LogP contribution in [0.2, 0.25) is 0 Å². The molecule has 3 nitrogen and oxygen atoms in total. The van der Waals surface area contributed by atoms with E-state index in [4.69, 9.17) is 10.00 Å².